The van der Waals surface area contributed by atoms with E-state index in [2.05, 4.69) is 29.9 Å². The Morgan fingerprint density at radius 2 is 2.24 bits per heavy atom. The first-order valence-electron chi connectivity index (χ1n) is 7.81. The molecule has 130 valence electrons. The average molecular weight is 358 g/mol. The Hall–Kier alpha value is -2.65. The Morgan fingerprint density at radius 1 is 1.36 bits per heavy atom. The number of carbonyl (C=O) groups excluding carboxylic acids is 1. The molecule has 0 radical (unpaired) electrons. The van der Waals surface area contributed by atoms with Gasteiger partial charge in [-0.3, -0.25) is 9.69 Å². The van der Waals surface area contributed by atoms with Gasteiger partial charge in [0.05, 0.1) is 12.7 Å². The monoisotopic (exact) mass is 358 g/mol. The van der Waals surface area contributed by atoms with Gasteiger partial charge in [0, 0.05) is 30.1 Å². The lowest BCUT2D eigenvalue weighted by Crippen LogP contribution is -2.18. The molecule has 1 amide bonds. The third-order valence-corrected chi connectivity index (χ3v) is 4.04. The van der Waals surface area contributed by atoms with Crippen molar-refractivity contribution >= 4 is 22.4 Å². The molecule has 0 aliphatic carbocycles. The van der Waals surface area contributed by atoms with Crippen LogP contribution in [0, 0.1) is 0 Å². The largest absolute Gasteiger partial charge is 0.339 e. The molecule has 9 heteroatoms. The van der Waals surface area contributed by atoms with E-state index in [1.165, 1.54) is 6.20 Å². The average Bonchev–Trinajstić information content (AvgIpc) is 3.26. The lowest BCUT2D eigenvalue weighted by atomic mass is 10.1. The fraction of sp³-hybridized carbons (Fsp3) is 0.312. The van der Waals surface area contributed by atoms with Crippen LogP contribution >= 0.6 is 11.5 Å². The van der Waals surface area contributed by atoms with E-state index in [0.717, 1.165) is 23.5 Å². The lowest BCUT2D eigenvalue weighted by molar-refractivity contribution is 0.102. The van der Waals surface area contributed by atoms with E-state index >= 15 is 0 Å². The van der Waals surface area contributed by atoms with E-state index in [-0.39, 0.29) is 5.91 Å². The van der Waals surface area contributed by atoms with Crippen molar-refractivity contribution in [2.45, 2.75) is 26.4 Å². The number of hydrogen-bond acceptors (Lipinski definition) is 8. The topological polar surface area (TPSA) is 97.0 Å². The summed E-state index contributed by atoms with van der Waals surface area (Å²) in [5.74, 6) is 1.12. The Morgan fingerprint density at radius 3 is 2.96 bits per heavy atom. The van der Waals surface area contributed by atoms with Crippen LogP contribution < -0.4 is 5.32 Å². The van der Waals surface area contributed by atoms with Crippen LogP contribution in [0.5, 0.6) is 0 Å². The second-order valence-electron chi connectivity index (χ2n) is 5.57. The summed E-state index contributed by atoms with van der Waals surface area (Å²) in [6.45, 7) is 3.21. The van der Waals surface area contributed by atoms with Crippen LogP contribution in [-0.2, 0) is 19.5 Å². The van der Waals surface area contributed by atoms with Crippen molar-refractivity contribution in [2.75, 3.05) is 12.4 Å². The van der Waals surface area contributed by atoms with Crippen molar-refractivity contribution in [3.63, 3.8) is 0 Å². The van der Waals surface area contributed by atoms with Gasteiger partial charge >= 0.3 is 0 Å². The molecule has 0 aliphatic rings. The molecule has 0 aliphatic heterocycles. The zero-order valence-corrected chi connectivity index (χ0v) is 14.8. The summed E-state index contributed by atoms with van der Waals surface area (Å²) in [6.07, 6.45) is 2.25. The fourth-order valence-electron chi connectivity index (χ4n) is 2.32. The molecule has 25 heavy (non-hydrogen) atoms. The number of benzene rings is 1. The minimum atomic E-state index is -0.179. The van der Waals surface area contributed by atoms with Crippen LogP contribution in [0.4, 0.5) is 5.00 Å². The molecular formula is C16H18N6O2S. The predicted octanol–water partition coefficient (Wildman–Crippen LogP) is 2.37. The maximum Gasteiger partial charge on any atom is 0.256 e. The van der Waals surface area contributed by atoms with E-state index in [1.807, 2.05) is 32.2 Å². The van der Waals surface area contributed by atoms with Gasteiger partial charge < -0.3 is 9.84 Å². The van der Waals surface area contributed by atoms with Gasteiger partial charge in [-0.05, 0) is 24.7 Å². The van der Waals surface area contributed by atoms with Crippen molar-refractivity contribution in [2.24, 2.45) is 0 Å². The molecule has 0 fully saturated rings. The fourth-order valence-corrected chi connectivity index (χ4v) is 2.74. The first-order chi connectivity index (χ1) is 12.1. The van der Waals surface area contributed by atoms with Crippen molar-refractivity contribution < 1.29 is 9.32 Å². The van der Waals surface area contributed by atoms with Gasteiger partial charge in [-0.25, -0.2) is 0 Å². The molecular weight excluding hydrogens is 340 g/mol. The Labute approximate surface area is 149 Å². The summed E-state index contributed by atoms with van der Waals surface area (Å²) in [5, 5.41) is 11.1. The van der Waals surface area contributed by atoms with Gasteiger partial charge in [-0.1, -0.05) is 28.7 Å². The zero-order valence-electron chi connectivity index (χ0n) is 14.0. The van der Waals surface area contributed by atoms with Gasteiger partial charge in [0.1, 0.15) is 5.00 Å². The summed E-state index contributed by atoms with van der Waals surface area (Å²) in [4.78, 5) is 18.6. The van der Waals surface area contributed by atoms with Crippen molar-refractivity contribution in [1.29, 1.82) is 0 Å². The summed E-state index contributed by atoms with van der Waals surface area (Å²) >= 11 is 1.14. The van der Waals surface area contributed by atoms with Crippen LogP contribution in [0.15, 0.2) is 35.0 Å². The number of rotatable bonds is 7. The number of hydrogen-bond donors (Lipinski definition) is 1. The van der Waals surface area contributed by atoms with Gasteiger partial charge in [-0.2, -0.15) is 4.98 Å². The summed E-state index contributed by atoms with van der Waals surface area (Å²) in [6, 6.07) is 7.50. The molecule has 3 rings (SSSR count). The Balaban J connectivity index is 1.61. The third-order valence-electron chi connectivity index (χ3n) is 3.46. The van der Waals surface area contributed by atoms with Crippen molar-refractivity contribution in [3.05, 3.63) is 53.3 Å². The highest BCUT2D eigenvalue weighted by molar-refractivity contribution is 7.10. The summed E-state index contributed by atoms with van der Waals surface area (Å²) < 4.78 is 8.84. The van der Waals surface area contributed by atoms with Gasteiger partial charge in [-0.15, -0.1) is 5.10 Å². The first-order valence-corrected chi connectivity index (χ1v) is 8.59. The van der Waals surface area contributed by atoms with Gasteiger partial charge in [0.25, 0.3) is 5.91 Å². The van der Waals surface area contributed by atoms with Crippen LogP contribution in [0.25, 0.3) is 0 Å². The molecule has 0 atom stereocenters. The number of nitrogens with zero attached hydrogens (tertiary/aromatic N) is 5. The highest BCUT2D eigenvalue weighted by Gasteiger charge is 2.11. The molecule has 1 N–H and O–H groups in total. The van der Waals surface area contributed by atoms with Crippen LogP contribution in [0.2, 0.25) is 0 Å². The molecule has 0 spiro atoms. The van der Waals surface area contributed by atoms with Crippen LogP contribution in [0.3, 0.4) is 0 Å². The van der Waals surface area contributed by atoms with E-state index in [1.54, 1.807) is 6.07 Å². The molecule has 0 bridgehead atoms. The van der Waals surface area contributed by atoms with Crippen LogP contribution in [0.1, 0.15) is 34.6 Å². The van der Waals surface area contributed by atoms with E-state index in [4.69, 9.17) is 4.52 Å². The lowest BCUT2D eigenvalue weighted by Gasteiger charge is -2.15. The maximum atomic E-state index is 12.3. The highest BCUT2D eigenvalue weighted by Crippen LogP contribution is 2.14. The number of aryl methyl sites for hydroxylation is 1. The number of amides is 1. The molecule has 1 aromatic carbocycles. The quantitative estimate of drug-likeness (QED) is 0.692. The molecule has 2 aromatic heterocycles. The minimum Gasteiger partial charge on any atom is -0.339 e. The second-order valence-corrected chi connectivity index (χ2v) is 6.35. The standard InChI is InChI=1S/C16H18N6O2S/c1-3-14-18-13(20-24-14)10-22(2)9-11-5-4-6-12(7-11)16(23)19-15-8-17-21-25-15/h4-8H,3,9-10H2,1-2H3,(H,19,23). The van der Waals surface area contributed by atoms with E-state index < -0.39 is 0 Å². The molecule has 8 nitrogen and oxygen atoms in total. The Bertz CT molecular complexity index is 833. The van der Waals surface area contributed by atoms with Crippen molar-refractivity contribution in [3.8, 4) is 0 Å². The third kappa shape index (κ3) is 4.68. The molecule has 2 heterocycles. The second kappa shape index (κ2) is 7.95. The Kier molecular flexibility index (Phi) is 5.46. The van der Waals surface area contributed by atoms with Gasteiger partial charge in [0.15, 0.2) is 5.82 Å². The number of anilines is 1. The predicted molar refractivity (Wildman–Crippen MR) is 93.2 cm³/mol. The SMILES string of the molecule is CCc1nc(CN(C)Cc2cccc(C(=O)Nc3cnns3)c2)no1. The van der Waals surface area contributed by atoms with Gasteiger partial charge in [0.2, 0.25) is 5.89 Å². The highest BCUT2D eigenvalue weighted by atomic mass is 32.1. The van der Waals surface area contributed by atoms with Crippen molar-refractivity contribution in [1.82, 2.24) is 24.6 Å². The molecule has 0 saturated carbocycles. The van der Waals surface area contributed by atoms with E-state index in [0.29, 0.717) is 35.4 Å². The number of nitrogens with one attached hydrogen (secondary N) is 1. The van der Waals surface area contributed by atoms with Crippen LogP contribution in [-0.4, -0.2) is 37.6 Å². The van der Waals surface area contributed by atoms with E-state index in [9.17, 15) is 4.79 Å². The summed E-state index contributed by atoms with van der Waals surface area (Å²) in [5.41, 5.74) is 1.61. The smallest absolute Gasteiger partial charge is 0.256 e. The number of carbonyl (C=O) groups is 1. The first kappa shape index (κ1) is 17.2. The minimum absolute atomic E-state index is 0.179. The number of aromatic nitrogens is 4. The zero-order chi connectivity index (χ0) is 17.6. The summed E-state index contributed by atoms with van der Waals surface area (Å²) in [7, 11) is 1.97. The molecule has 0 unspecified atom stereocenters. The molecule has 0 saturated heterocycles. The molecule has 3 aromatic rings. The normalized spacial score (nSPS) is 11.0. The maximum absolute atomic E-state index is 12.3.